The molecule has 1 heterocycles. The fourth-order valence-electron chi connectivity index (χ4n) is 4.09. The topological polar surface area (TPSA) is 81.9 Å². The van der Waals surface area contributed by atoms with Gasteiger partial charge in [-0.25, -0.2) is 0 Å². The van der Waals surface area contributed by atoms with Crippen LogP contribution in [-0.4, -0.2) is 49.1 Å². The van der Waals surface area contributed by atoms with E-state index in [0.29, 0.717) is 45.0 Å². The number of nitro groups is 1. The number of nitrogens with zero attached hydrogens (tertiary/aromatic N) is 2. The molecular formula is C23H25F3N2O5. The summed E-state index contributed by atoms with van der Waals surface area (Å²) >= 11 is 0. The molecule has 0 unspecified atom stereocenters. The van der Waals surface area contributed by atoms with Gasteiger partial charge in [0.2, 0.25) is 0 Å². The molecule has 10 heteroatoms. The van der Waals surface area contributed by atoms with Crippen LogP contribution in [0.15, 0.2) is 48.5 Å². The molecule has 178 valence electrons. The zero-order valence-electron chi connectivity index (χ0n) is 18.1. The molecule has 0 aliphatic carbocycles. The first-order valence-electron chi connectivity index (χ1n) is 10.5. The maximum Gasteiger partial charge on any atom is 0.416 e. The lowest BCUT2D eigenvalue weighted by Gasteiger charge is -2.39. The standard InChI is InChI=1S/C23H25F3N2O5/c1-32-21(29)22(16-17-5-3-2-4-6-17)7-9-27(10-8-22)11-12-33-20-14-18(23(24,25)26)13-19(15-20)28(30)31/h2-6,13-15H,7-12,16H2,1H3. The van der Waals surface area contributed by atoms with Crippen molar-refractivity contribution in [3.8, 4) is 5.75 Å². The summed E-state index contributed by atoms with van der Waals surface area (Å²) in [4.78, 5) is 24.7. The molecule has 0 radical (unpaired) electrons. The third kappa shape index (κ3) is 6.22. The summed E-state index contributed by atoms with van der Waals surface area (Å²) < 4.78 is 49.6. The predicted octanol–water partition coefficient (Wildman–Crippen LogP) is 4.49. The fraction of sp³-hybridized carbons (Fsp3) is 0.435. The summed E-state index contributed by atoms with van der Waals surface area (Å²) in [6.45, 7) is 1.65. The lowest BCUT2D eigenvalue weighted by atomic mass is 9.73. The molecule has 1 fully saturated rings. The van der Waals surface area contributed by atoms with E-state index in [2.05, 4.69) is 0 Å². The molecule has 33 heavy (non-hydrogen) atoms. The molecule has 0 saturated carbocycles. The monoisotopic (exact) mass is 466 g/mol. The van der Waals surface area contributed by atoms with Crippen LogP contribution in [0.25, 0.3) is 0 Å². The van der Waals surface area contributed by atoms with Crippen LogP contribution in [0.1, 0.15) is 24.0 Å². The van der Waals surface area contributed by atoms with Gasteiger partial charge in [-0.05, 0) is 44.0 Å². The van der Waals surface area contributed by atoms with Crippen LogP contribution in [0.3, 0.4) is 0 Å². The van der Waals surface area contributed by atoms with Crippen molar-refractivity contribution in [2.24, 2.45) is 5.41 Å². The van der Waals surface area contributed by atoms with E-state index < -0.39 is 27.8 Å². The zero-order valence-corrected chi connectivity index (χ0v) is 18.1. The first-order valence-corrected chi connectivity index (χ1v) is 10.5. The number of halogens is 3. The third-order valence-electron chi connectivity index (χ3n) is 5.92. The molecule has 1 aliphatic heterocycles. The molecule has 1 saturated heterocycles. The summed E-state index contributed by atoms with van der Waals surface area (Å²) in [6, 6.07) is 11.9. The lowest BCUT2D eigenvalue weighted by molar-refractivity contribution is -0.385. The van der Waals surface area contributed by atoms with Crippen LogP contribution in [-0.2, 0) is 22.1 Å². The van der Waals surface area contributed by atoms with Crippen LogP contribution in [0, 0.1) is 15.5 Å². The molecule has 1 aliphatic rings. The van der Waals surface area contributed by atoms with Crippen molar-refractivity contribution in [3.63, 3.8) is 0 Å². The Bertz CT molecular complexity index is 974. The number of piperidine rings is 1. The van der Waals surface area contributed by atoms with E-state index in [1.165, 1.54) is 7.11 Å². The molecule has 0 amide bonds. The number of carbonyl (C=O) groups is 1. The van der Waals surface area contributed by atoms with Gasteiger partial charge in [-0.1, -0.05) is 30.3 Å². The van der Waals surface area contributed by atoms with Gasteiger partial charge in [0, 0.05) is 12.6 Å². The van der Waals surface area contributed by atoms with Gasteiger partial charge in [0.05, 0.1) is 29.1 Å². The summed E-state index contributed by atoms with van der Waals surface area (Å²) in [7, 11) is 1.38. The van der Waals surface area contributed by atoms with Crippen molar-refractivity contribution < 1.29 is 32.4 Å². The van der Waals surface area contributed by atoms with Gasteiger partial charge in [-0.2, -0.15) is 13.2 Å². The Labute approximate surface area is 189 Å². The SMILES string of the molecule is COC(=O)C1(Cc2ccccc2)CCN(CCOc2cc([N+](=O)[O-])cc(C(F)(F)F)c2)CC1. The second-order valence-electron chi connectivity index (χ2n) is 8.09. The van der Waals surface area contributed by atoms with E-state index in [1.54, 1.807) is 0 Å². The normalized spacial score (nSPS) is 16.2. The summed E-state index contributed by atoms with van der Waals surface area (Å²) in [6.07, 6.45) is -3.00. The number of nitro benzene ring substituents is 1. The largest absolute Gasteiger partial charge is 0.492 e. The molecular weight excluding hydrogens is 441 g/mol. The van der Waals surface area contributed by atoms with E-state index in [1.807, 2.05) is 35.2 Å². The van der Waals surface area contributed by atoms with Crippen molar-refractivity contribution in [2.75, 3.05) is 33.4 Å². The highest BCUT2D eigenvalue weighted by Crippen LogP contribution is 2.37. The van der Waals surface area contributed by atoms with Crippen LogP contribution in [0.5, 0.6) is 5.75 Å². The molecule has 3 rings (SSSR count). The minimum absolute atomic E-state index is 0.0579. The first-order chi connectivity index (χ1) is 15.6. The van der Waals surface area contributed by atoms with Gasteiger partial charge in [0.1, 0.15) is 12.4 Å². The van der Waals surface area contributed by atoms with E-state index in [4.69, 9.17) is 9.47 Å². The number of alkyl halides is 3. The molecule has 0 aromatic heterocycles. The summed E-state index contributed by atoms with van der Waals surface area (Å²) in [5.41, 5.74) is -1.39. The molecule has 2 aromatic carbocycles. The van der Waals surface area contributed by atoms with Gasteiger partial charge in [-0.3, -0.25) is 19.8 Å². The van der Waals surface area contributed by atoms with Crippen molar-refractivity contribution >= 4 is 11.7 Å². The number of ether oxygens (including phenoxy) is 2. The Hall–Kier alpha value is -3.14. The quantitative estimate of drug-likeness (QED) is 0.324. The Kier molecular flexibility index (Phi) is 7.57. The van der Waals surface area contributed by atoms with E-state index in [9.17, 15) is 28.1 Å². The Morgan fingerprint density at radius 1 is 1.15 bits per heavy atom. The number of carbonyl (C=O) groups excluding carboxylic acids is 1. The molecule has 0 N–H and O–H groups in total. The van der Waals surface area contributed by atoms with Crippen molar-refractivity contribution in [3.05, 3.63) is 69.8 Å². The average Bonchev–Trinajstić information content (AvgIpc) is 2.79. The van der Waals surface area contributed by atoms with Gasteiger partial charge in [0.15, 0.2) is 0 Å². The smallest absolute Gasteiger partial charge is 0.416 e. The number of likely N-dealkylation sites (tertiary alicyclic amines) is 1. The predicted molar refractivity (Wildman–Crippen MR) is 114 cm³/mol. The highest BCUT2D eigenvalue weighted by Gasteiger charge is 2.42. The Morgan fingerprint density at radius 3 is 2.39 bits per heavy atom. The van der Waals surface area contributed by atoms with Crippen LogP contribution < -0.4 is 4.74 Å². The van der Waals surface area contributed by atoms with E-state index in [-0.39, 0.29) is 18.3 Å². The van der Waals surface area contributed by atoms with Gasteiger partial charge in [-0.15, -0.1) is 0 Å². The Morgan fingerprint density at radius 2 is 1.82 bits per heavy atom. The second-order valence-corrected chi connectivity index (χ2v) is 8.09. The van der Waals surface area contributed by atoms with Crippen molar-refractivity contribution in [1.29, 1.82) is 0 Å². The maximum absolute atomic E-state index is 13.0. The highest BCUT2D eigenvalue weighted by atomic mass is 19.4. The second kappa shape index (κ2) is 10.2. The summed E-state index contributed by atoms with van der Waals surface area (Å²) in [5.74, 6) is -0.458. The lowest BCUT2D eigenvalue weighted by Crippen LogP contribution is -2.47. The maximum atomic E-state index is 13.0. The number of hydrogen-bond acceptors (Lipinski definition) is 6. The van der Waals surface area contributed by atoms with Crippen LogP contribution in [0.4, 0.5) is 18.9 Å². The fourth-order valence-corrected chi connectivity index (χ4v) is 4.09. The average molecular weight is 466 g/mol. The Balaban J connectivity index is 1.59. The first kappa shape index (κ1) is 24.5. The van der Waals surface area contributed by atoms with Crippen molar-refractivity contribution in [2.45, 2.75) is 25.4 Å². The van der Waals surface area contributed by atoms with Gasteiger partial charge < -0.3 is 9.47 Å². The molecule has 0 spiro atoms. The highest BCUT2D eigenvalue weighted by molar-refractivity contribution is 5.77. The minimum atomic E-state index is -4.72. The van der Waals surface area contributed by atoms with Gasteiger partial charge >= 0.3 is 12.1 Å². The molecule has 7 nitrogen and oxygen atoms in total. The number of methoxy groups -OCH3 is 1. The number of benzene rings is 2. The number of non-ortho nitro benzene ring substituents is 1. The summed E-state index contributed by atoms with van der Waals surface area (Å²) in [5, 5.41) is 11.0. The molecule has 0 bridgehead atoms. The number of esters is 1. The number of hydrogen-bond donors (Lipinski definition) is 0. The minimum Gasteiger partial charge on any atom is -0.492 e. The molecule has 2 aromatic rings. The van der Waals surface area contributed by atoms with Gasteiger partial charge in [0.25, 0.3) is 5.69 Å². The van der Waals surface area contributed by atoms with Crippen LogP contribution >= 0.6 is 0 Å². The zero-order chi connectivity index (χ0) is 24.1. The third-order valence-corrected chi connectivity index (χ3v) is 5.92. The van der Waals surface area contributed by atoms with Crippen molar-refractivity contribution in [1.82, 2.24) is 4.90 Å². The molecule has 0 atom stereocenters. The van der Waals surface area contributed by atoms with Crippen LogP contribution in [0.2, 0.25) is 0 Å². The number of rotatable bonds is 8. The van der Waals surface area contributed by atoms with E-state index >= 15 is 0 Å². The van der Waals surface area contributed by atoms with E-state index in [0.717, 1.165) is 17.7 Å².